The molecular formula is C19H22F3N5O2. The monoisotopic (exact) mass is 409 g/mol. The van der Waals surface area contributed by atoms with Gasteiger partial charge in [0.15, 0.2) is 5.65 Å². The van der Waals surface area contributed by atoms with Crippen LogP contribution in [0.2, 0.25) is 0 Å². The van der Waals surface area contributed by atoms with Crippen molar-refractivity contribution in [1.82, 2.24) is 19.7 Å². The van der Waals surface area contributed by atoms with E-state index >= 15 is 0 Å². The number of nitrogens with zero attached hydrogens (tertiary/aromatic N) is 4. The van der Waals surface area contributed by atoms with Gasteiger partial charge >= 0.3 is 6.18 Å². The highest BCUT2D eigenvalue weighted by Crippen LogP contribution is 2.33. The van der Waals surface area contributed by atoms with E-state index in [4.69, 9.17) is 0 Å². The van der Waals surface area contributed by atoms with Crippen molar-refractivity contribution in [2.75, 3.05) is 19.0 Å². The minimum absolute atomic E-state index is 0.0785. The van der Waals surface area contributed by atoms with Gasteiger partial charge in [0, 0.05) is 14.1 Å². The van der Waals surface area contributed by atoms with Gasteiger partial charge in [-0.3, -0.25) is 9.78 Å². The molecule has 156 valence electrons. The number of aromatic amines is 1. The molecule has 0 bridgehead atoms. The van der Waals surface area contributed by atoms with Crippen molar-refractivity contribution in [2.24, 2.45) is 5.92 Å². The largest absolute Gasteiger partial charge is 0.416 e. The summed E-state index contributed by atoms with van der Waals surface area (Å²) in [5, 5.41) is 14.2. The van der Waals surface area contributed by atoms with Crippen LogP contribution in [0, 0.1) is 5.92 Å². The van der Waals surface area contributed by atoms with Crippen molar-refractivity contribution in [2.45, 2.75) is 32.7 Å². The van der Waals surface area contributed by atoms with E-state index in [1.807, 2.05) is 13.8 Å². The summed E-state index contributed by atoms with van der Waals surface area (Å²) in [5.74, 6) is 0.230. The predicted octanol–water partition coefficient (Wildman–Crippen LogP) is 2.94. The number of halogens is 3. The van der Waals surface area contributed by atoms with Gasteiger partial charge in [-0.05, 0) is 23.6 Å². The lowest BCUT2D eigenvalue weighted by molar-refractivity contribution is -0.137. The molecule has 0 amide bonds. The number of H-pyrrole nitrogens is 1. The van der Waals surface area contributed by atoms with Crippen molar-refractivity contribution in [3.63, 3.8) is 0 Å². The number of aliphatic hydroxyl groups is 1. The second kappa shape index (κ2) is 7.51. The fourth-order valence-electron chi connectivity index (χ4n) is 3.30. The number of anilines is 1. The Morgan fingerprint density at radius 3 is 2.31 bits per heavy atom. The average Bonchev–Trinajstić information content (AvgIpc) is 3.00. The third kappa shape index (κ3) is 3.84. The Balaban J connectivity index is 2.23. The van der Waals surface area contributed by atoms with Crippen LogP contribution in [-0.4, -0.2) is 39.0 Å². The minimum Gasteiger partial charge on any atom is -0.390 e. The van der Waals surface area contributed by atoms with Crippen molar-refractivity contribution >= 4 is 17.0 Å². The highest BCUT2D eigenvalue weighted by Gasteiger charge is 2.31. The molecule has 1 aromatic carbocycles. The Labute approximate surface area is 164 Å². The molecule has 3 rings (SSSR count). The zero-order valence-corrected chi connectivity index (χ0v) is 16.4. The first-order valence-electron chi connectivity index (χ1n) is 9.01. The molecule has 0 saturated carbocycles. The first-order valence-corrected chi connectivity index (χ1v) is 9.01. The summed E-state index contributed by atoms with van der Waals surface area (Å²) < 4.78 is 40.3. The van der Waals surface area contributed by atoms with Crippen molar-refractivity contribution in [1.29, 1.82) is 0 Å². The van der Waals surface area contributed by atoms with Gasteiger partial charge in [0.05, 0.1) is 18.2 Å². The van der Waals surface area contributed by atoms with Crippen LogP contribution in [0.25, 0.3) is 11.0 Å². The Bertz CT molecular complexity index is 1070. The number of hydrogen-bond acceptors (Lipinski definition) is 5. The van der Waals surface area contributed by atoms with Gasteiger partial charge in [-0.1, -0.05) is 26.0 Å². The third-order valence-corrected chi connectivity index (χ3v) is 4.67. The number of alkyl halides is 3. The Kier molecular flexibility index (Phi) is 5.40. The predicted molar refractivity (Wildman–Crippen MR) is 103 cm³/mol. The molecule has 0 radical (unpaired) electrons. The summed E-state index contributed by atoms with van der Waals surface area (Å²) in [6, 6.07) is 4.37. The molecule has 3 aromatic rings. The van der Waals surface area contributed by atoms with Crippen LogP contribution >= 0.6 is 0 Å². The van der Waals surface area contributed by atoms with Gasteiger partial charge in [0.1, 0.15) is 11.1 Å². The molecule has 0 fully saturated rings. The lowest BCUT2D eigenvalue weighted by atomic mass is 9.95. The van der Waals surface area contributed by atoms with Gasteiger partial charge in [-0.15, -0.1) is 0 Å². The van der Waals surface area contributed by atoms with Crippen LogP contribution in [0.1, 0.15) is 36.7 Å². The van der Waals surface area contributed by atoms with Crippen molar-refractivity contribution < 1.29 is 18.3 Å². The molecular weight excluding hydrogens is 387 g/mol. The normalized spacial score (nSPS) is 13.3. The van der Waals surface area contributed by atoms with E-state index < -0.39 is 29.9 Å². The van der Waals surface area contributed by atoms with Gasteiger partial charge in [-0.25, -0.2) is 4.68 Å². The Morgan fingerprint density at radius 1 is 1.21 bits per heavy atom. The van der Waals surface area contributed by atoms with E-state index in [-0.39, 0.29) is 22.6 Å². The van der Waals surface area contributed by atoms with Gasteiger partial charge in [0.2, 0.25) is 5.95 Å². The zero-order valence-electron chi connectivity index (χ0n) is 16.4. The summed E-state index contributed by atoms with van der Waals surface area (Å²) in [4.78, 5) is 21.3. The van der Waals surface area contributed by atoms with Crippen LogP contribution < -0.4 is 10.5 Å². The first-order chi connectivity index (χ1) is 13.5. The van der Waals surface area contributed by atoms with E-state index in [2.05, 4.69) is 15.1 Å². The third-order valence-electron chi connectivity index (χ3n) is 4.67. The van der Waals surface area contributed by atoms with Crippen LogP contribution in [0.5, 0.6) is 0 Å². The molecule has 2 N–H and O–H groups in total. The van der Waals surface area contributed by atoms with Gasteiger partial charge in [0.25, 0.3) is 5.56 Å². The number of rotatable bonds is 5. The number of aromatic nitrogens is 4. The van der Waals surface area contributed by atoms with Gasteiger partial charge < -0.3 is 10.0 Å². The smallest absolute Gasteiger partial charge is 0.390 e. The molecule has 0 aliphatic heterocycles. The molecule has 10 heteroatoms. The SMILES string of the molecule is CC(C)[C@@H](c1ccc(C(F)(F)F)cc1)n1nc(CO)c2c(=O)[nH]c(N(C)C)nc21. The summed E-state index contributed by atoms with van der Waals surface area (Å²) >= 11 is 0. The van der Waals surface area contributed by atoms with Crippen molar-refractivity contribution in [3.05, 3.63) is 51.4 Å². The van der Waals surface area contributed by atoms with Crippen LogP contribution in [0.15, 0.2) is 29.1 Å². The summed E-state index contributed by atoms with van der Waals surface area (Å²) in [6.07, 6.45) is -4.43. The van der Waals surface area contributed by atoms with Crippen LogP contribution in [-0.2, 0) is 12.8 Å². The topological polar surface area (TPSA) is 87.0 Å². The number of hydrogen-bond donors (Lipinski definition) is 2. The van der Waals surface area contributed by atoms with Gasteiger partial charge in [-0.2, -0.15) is 23.3 Å². The molecule has 0 unspecified atom stereocenters. The van der Waals surface area contributed by atoms with E-state index in [1.54, 1.807) is 19.0 Å². The molecule has 29 heavy (non-hydrogen) atoms. The maximum absolute atomic E-state index is 12.9. The molecule has 0 aliphatic carbocycles. The first kappa shape index (κ1) is 20.8. The highest BCUT2D eigenvalue weighted by molar-refractivity contribution is 5.78. The number of fused-ring (bicyclic) bond motifs is 1. The van der Waals surface area contributed by atoms with E-state index in [0.717, 1.165) is 12.1 Å². The maximum Gasteiger partial charge on any atom is 0.416 e. The molecule has 0 aliphatic rings. The highest BCUT2D eigenvalue weighted by atomic mass is 19.4. The second-order valence-corrected chi connectivity index (χ2v) is 7.34. The van der Waals surface area contributed by atoms with E-state index in [1.165, 1.54) is 16.8 Å². The van der Waals surface area contributed by atoms with Crippen molar-refractivity contribution in [3.8, 4) is 0 Å². The fourth-order valence-corrected chi connectivity index (χ4v) is 3.30. The molecule has 7 nitrogen and oxygen atoms in total. The quantitative estimate of drug-likeness (QED) is 0.677. The number of aliphatic hydroxyl groups excluding tert-OH is 1. The fraction of sp³-hybridized carbons (Fsp3) is 0.421. The summed E-state index contributed by atoms with van der Waals surface area (Å²) in [5.41, 5.74) is -0.161. The standard InChI is InChI=1S/C19H22F3N5O2/c1-10(2)15(11-5-7-12(8-6-11)19(20,21)22)27-16-14(13(9-28)25-27)17(29)24-18(23-16)26(3)4/h5-8,10,15,28H,9H2,1-4H3,(H,23,24,29)/t15-/m0/s1. The Hall–Kier alpha value is -2.88. The lowest BCUT2D eigenvalue weighted by Gasteiger charge is -2.23. The average molecular weight is 409 g/mol. The number of nitrogens with one attached hydrogen (secondary N) is 1. The molecule has 2 heterocycles. The minimum atomic E-state index is -4.43. The van der Waals surface area contributed by atoms with E-state index in [9.17, 15) is 23.1 Å². The lowest BCUT2D eigenvalue weighted by Crippen LogP contribution is -2.22. The summed E-state index contributed by atoms with van der Waals surface area (Å²) in [6.45, 7) is 3.33. The second-order valence-electron chi connectivity index (χ2n) is 7.34. The Morgan fingerprint density at radius 2 is 1.83 bits per heavy atom. The maximum atomic E-state index is 12.9. The van der Waals surface area contributed by atoms with E-state index in [0.29, 0.717) is 11.5 Å². The number of benzene rings is 1. The molecule has 1 atom stereocenters. The zero-order chi connectivity index (χ0) is 21.5. The molecule has 0 saturated heterocycles. The van der Waals surface area contributed by atoms with Crippen LogP contribution in [0.4, 0.5) is 19.1 Å². The molecule has 0 spiro atoms. The molecule has 2 aromatic heterocycles. The van der Waals surface area contributed by atoms with Crippen LogP contribution in [0.3, 0.4) is 0 Å². The summed E-state index contributed by atoms with van der Waals surface area (Å²) in [7, 11) is 3.43.